The molecule has 0 saturated heterocycles. The summed E-state index contributed by atoms with van der Waals surface area (Å²) in [5, 5.41) is 5.36. The van der Waals surface area contributed by atoms with Crippen LogP contribution < -0.4 is 5.56 Å². The summed E-state index contributed by atoms with van der Waals surface area (Å²) in [6.07, 6.45) is 4.52. The number of thioether (sulfide) groups is 1. The minimum atomic E-state index is -0.191. The molecule has 2 aromatic heterocycles. The predicted molar refractivity (Wildman–Crippen MR) is 115 cm³/mol. The van der Waals surface area contributed by atoms with E-state index in [0.29, 0.717) is 23.2 Å². The second-order valence-corrected chi connectivity index (χ2v) is 8.28. The van der Waals surface area contributed by atoms with Gasteiger partial charge >= 0.3 is 0 Å². The number of hydrogen-bond acceptors (Lipinski definition) is 4. The van der Waals surface area contributed by atoms with Gasteiger partial charge in [-0.25, -0.2) is 14.1 Å². The van der Waals surface area contributed by atoms with Crippen molar-refractivity contribution < 1.29 is 0 Å². The Hall–Kier alpha value is -2.34. The predicted octanol–water partition coefficient (Wildman–Crippen LogP) is 4.47. The molecule has 28 heavy (non-hydrogen) atoms. The summed E-state index contributed by atoms with van der Waals surface area (Å²) < 4.78 is 3.54. The second-order valence-electron chi connectivity index (χ2n) is 7.30. The first-order valence-electron chi connectivity index (χ1n) is 9.96. The second kappa shape index (κ2) is 7.24. The van der Waals surface area contributed by atoms with Crippen LogP contribution in [0, 0.1) is 0 Å². The SMILES string of the molecule is C=CCSc1nn(CC)c2nc3c(c(=O)n12)C(CC)(CC)Cc1ccccc1-3. The van der Waals surface area contributed by atoms with Crippen LogP contribution in [0.3, 0.4) is 0 Å². The van der Waals surface area contributed by atoms with Gasteiger partial charge in [-0.15, -0.1) is 11.7 Å². The Bertz CT molecular complexity index is 1110. The Labute approximate surface area is 169 Å². The van der Waals surface area contributed by atoms with Crippen molar-refractivity contribution in [2.45, 2.75) is 57.1 Å². The monoisotopic (exact) mass is 394 g/mol. The van der Waals surface area contributed by atoms with Crippen LogP contribution in [0.4, 0.5) is 0 Å². The first kappa shape index (κ1) is 19.0. The zero-order chi connectivity index (χ0) is 19.9. The molecule has 1 aliphatic rings. The molecule has 0 fully saturated rings. The smallest absolute Gasteiger partial charge is 0.265 e. The molecule has 2 heterocycles. The van der Waals surface area contributed by atoms with E-state index in [2.05, 4.69) is 43.7 Å². The molecular weight excluding hydrogens is 368 g/mol. The first-order valence-corrected chi connectivity index (χ1v) is 10.9. The number of benzene rings is 1. The van der Waals surface area contributed by atoms with Gasteiger partial charge in [-0.3, -0.25) is 4.79 Å². The summed E-state index contributed by atoms with van der Waals surface area (Å²) in [7, 11) is 0. The molecule has 0 spiro atoms. The number of aromatic nitrogens is 4. The molecule has 6 heteroatoms. The number of hydrogen-bond donors (Lipinski definition) is 0. The largest absolute Gasteiger partial charge is 0.268 e. The van der Waals surface area contributed by atoms with Gasteiger partial charge < -0.3 is 0 Å². The molecule has 0 amide bonds. The molecule has 0 saturated carbocycles. The number of nitrogens with zero attached hydrogens (tertiary/aromatic N) is 4. The molecule has 0 unspecified atom stereocenters. The van der Waals surface area contributed by atoms with Crippen molar-refractivity contribution in [1.82, 2.24) is 19.2 Å². The van der Waals surface area contributed by atoms with E-state index in [0.717, 1.165) is 36.1 Å². The van der Waals surface area contributed by atoms with Gasteiger partial charge in [0.05, 0.1) is 11.3 Å². The molecule has 1 aliphatic carbocycles. The molecule has 0 aliphatic heterocycles. The van der Waals surface area contributed by atoms with Crippen LogP contribution in [0.1, 0.15) is 44.7 Å². The molecule has 0 atom stereocenters. The van der Waals surface area contributed by atoms with Gasteiger partial charge in [0.15, 0.2) is 5.16 Å². The maximum Gasteiger partial charge on any atom is 0.265 e. The molecule has 1 aromatic carbocycles. The number of aryl methyl sites for hydroxylation is 1. The highest BCUT2D eigenvalue weighted by molar-refractivity contribution is 7.99. The third-order valence-corrected chi connectivity index (χ3v) is 6.93. The van der Waals surface area contributed by atoms with Gasteiger partial charge in [0, 0.05) is 23.3 Å². The van der Waals surface area contributed by atoms with E-state index >= 15 is 0 Å². The van der Waals surface area contributed by atoms with Crippen LogP contribution in [-0.4, -0.2) is 24.9 Å². The highest BCUT2D eigenvalue weighted by Crippen LogP contribution is 2.44. The highest BCUT2D eigenvalue weighted by atomic mass is 32.2. The van der Waals surface area contributed by atoms with E-state index in [4.69, 9.17) is 4.98 Å². The van der Waals surface area contributed by atoms with Crippen molar-refractivity contribution in [3.8, 4) is 11.3 Å². The fraction of sp³-hybridized carbons (Fsp3) is 0.409. The summed E-state index contributed by atoms with van der Waals surface area (Å²) in [6.45, 7) is 10.8. The molecule has 146 valence electrons. The van der Waals surface area contributed by atoms with Gasteiger partial charge in [-0.05, 0) is 31.7 Å². The summed E-state index contributed by atoms with van der Waals surface area (Å²) in [5.41, 5.74) is 3.89. The summed E-state index contributed by atoms with van der Waals surface area (Å²) >= 11 is 1.52. The van der Waals surface area contributed by atoms with Gasteiger partial charge in [0.2, 0.25) is 5.78 Å². The lowest BCUT2D eigenvalue weighted by Gasteiger charge is -2.37. The van der Waals surface area contributed by atoms with Crippen LogP contribution in [0.2, 0.25) is 0 Å². The average molecular weight is 395 g/mol. The summed E-state index contributed by atoms with van der Waals surface area (Å²) in [4.78, 5) is 18.9. The Balaban J connectivity index is 2.12. The van der Waals surface area contributed by atoms with Gasteiger partial charge in [0.1, 0.15) is 0 Å². The lowest BCUT2D eigenvalue weighted by atomic mass is 9.66. The third kappa shape index (κ3) is 2.65. The van der Waals surface area contributed by atoms with E-state index in [9.17, 15) is 4.79 Å². The molecule has 0 radical (unpaired) electrons. The van der Waals surface area contributed by atoms with Crippen molar-refractivity contribution in [1.29, 1.82) is 0 Å². The Kier molecular flexibility index (Phi) is 4.91. The fourth-order valence-corrected chi connectivity index (χ4v) is 5.09. The molecule has 4 rings (SSSR count). The van der Waals surface area contributed by atoms with Gasteiger partial charge in [0.25, 0.3) is 5.56 Å². The van der Waals surface area contributed by atoms with E-state index in [-0.39, 0.29) is 11.0 Å². The van der Waals surface area contributed by atoms with E-state index < -0.39 is 0 Å². The zero-order valence-corrected chi connectivity index (χ0v) is 17.6. The normalized spacial score (nSPS) is 14.7. The number of rotatable bonds is 6. The van der Waals surface area contributed by atoms with E-state index in [1.165, 1.54) is 17.3 Å². The van der Waals surface area contributed by atoms with Crippen LogP contribution in [0.5, 0.6) is 0 Å². The maximum atomic E-state index is 13.9. The van der Waals surface area contributed by atoms with Crippen LogP contribution >= 0.6 is 11.8 Å². The molecular formula is C22H26N4OS. The zero-order valence-electron chi connectivity index (χ0n) is 16.7. The first-order chi connectivity index (χ1) is 13.6. The molecule has 3 aromatic rings. The van der Waals surface area contributed by atoms with E-state index in [1.54, 1.807) is 4.40 Å². The van der Waals surface area contributed by atoms with Crippen molar-refractivity contribution in [2.75, 3.05) is 5.75 Å². The van der Waals surface area contributed by atoms with Crippen molar-refractivity contribution >= 4 is 17.5 Å². The lowest BCUT2D eigenvalue weighted by molar-refractivity contribution is 0.382. The summed E-state index contributed by atoms with van der Waals surface area (Å²) in [6, 6.07) is 8.36. The Morgan fingerprint density at radius 1 is 1.25 bits per heavy atom. The summed E-state index contributed by atoms with van der Waals surface area (Å²) in [5.74, 6) is 1.32. The quantitative estimate of drug-likeness (QED) is 0.457. The standard InChI is InChI=1S/C22H26N4OS/c1-5-13-28-21-24-25(8-4)20-23-18-16-12-10-9-11-15(16)14-22(6-2,7-3)17(18)19(27)26(20)21/h5,9-12H,1,6-8,13-14H2,2-4H3. The molecule has 0 N–H and O–H groups in total. The van der Waals surface area contributed by atoms with Crippen molar-refractivity contribution in [3.05, 3.63) is 58.4 Å². The number of fused-ring (bicyclic) bond motifs is 4. The highest BCUT2D eigenvalue weighted by Gasteiger charge is 2.40. The molecule has 0 bridgehead atoms. The van der Waals surface area contributed by atoms with Gasteiger partial charge in [-0.1, -0.05) is 56.0 Å². The van der Waals surface area contributed by atoms with Crippen molar-refractivity contribution in [2.24, 2.45) is 0 Å². The minimum Gasteiger partial charge on any atom is -0.268 e. The van der Waals surface area contributed by atoms with Crippen LogP contribution in [0.15, 0.2) is 46.9 Å². The fourth-order valence-electron chi connectivity index (χ4n) is 4.37. The maximum absolute atomic E-state index is 13.9. The van der Waals surface area contributed by atoms with Gasteiger partial charge in [-0.2, -0.15) is 0 Å². The molecule has 5 nitrogen and oxygen atoms in total. The van der Waals surface area contributed by atoms with E-state index in [1.807, 2.05) is 23.7 Å². The van der Waals surface area contributed by atoms with Crippen LogP contribution in [0.25, 0.3) is 17.0 Å². The average Bonchev–Trinajstić information content (AvgIpc) is 3.09. The third-order valence-electron chi connectivity index (χ3n) is 6.01. The lowest BCUT2D eigenvalue weighted by Crippen LogP contribution is -2.39. The Morgan fingerprint density at radius 2 is 2.00 bits per heavy atom. The topological polar surface area (TPSA) is 52.2 Å². The van der Waals surface area contributed by atoms with Crippen LogP contribution in [-0.2, 0) is 18.4 Å². The minimum absolute atomic E-state index is 0.0319. The Morgan fingerprint density at radius 3 is 2.68 bits per heavy atom. The van der Waals surface area contributed by atoms with Crippen molar-refractivity contribution in [3.63, 3.8) is 0 Å².